The van der Waals surface area contributed by atoms with Gasteiger partial charge in [-0.1, -0.05) is 0 Å². The fourth-order valence-electron chi connectivity index (χ4n) is 1.10. The summed E-state index contributed by atoms with van der Waals surface area (Å²) in [6.07, 6.45) is 1.04. The average molecular weight is 263 g/mol. The van der Waals surface area contributed by atoms with Crippen LogP contribution >= 0.6 is 23.5 Å². The molecule has 0 amide bonds. The second-order valence-electron chi connectivity index (χ2n) is 3.75. The van der Waals surface area contributed by atoms with E-state index >= 15 is 0 Å². The second kappa shape index (κ2) is 10.2. The van der Waals surface area contributed by atoms with Crippen LogP contribution in [-0.2, 0) is 9.59 Å². The topological polar surface area (TPSA) is 46.2 Å². The Kier molecular flexibility index (Phi) is 10.2. The van der Waals surface area contributed by atoms with Crippen LogP contribution in [0.3, 0.4) is 0 Å². The highest BCUT2D eigenvalue weighted by molar-refractivity contribution is 8.00. The van der Waals surface area contributed by atoms with E-state index in [0.29, 0.717) is 17.5 Å². The van der Waals surface area contributed by atoms with Crippen molar-refractivity contribution in [2.45, 2.75) is 26.3 Å². The molecule has 0 aliphatic heterocycles. The predicted molar refractivity (Wildman–Crippen MR) is 73.5 cm³/mol. The number of nitrogens with one attached hydrogen (secondary N) is 1. The fourth-order valence-corrected chi connectivity index (χ4v) is 3.00. The maximum Gasteiger partial charge on any atom is 0.139 e. The highest BCUT2D eigenvalue weighted by Crippen LogP contribution is 2.10. The molecule has 1 unspecified atom stereocenters. The third-order valence-electron chi connectivity index (χ3n) is 1.95. The van der Waals surface area contributed by atoms with E-state index in [1.54, 1.807) is 37.4 Å². The van der Waals surface area contributed by atoms with Crippen molar-refractivity contribution >= 4 is 35.1 Å². The molecule has 0 aliphatic carbocycles. The van der Waals surface area contributed by atoms with Gasteiger partial charge in [0.05, 0.1) is 11.5 Å². The zero-order chi connectivity index (χ0) is 12.4. The van der Waals surface area contributed by atoms with Gasteiger partial charge < -0.3 is 5.32 Å². The zero-order valence-corrected chi connectivity index (χ0v) is 11.9. The zero-order valence-electron chi connectivity index (χ0n) is 10.2. The van der Waals surface area contributed by atoms with E-state index in [0.717, 1.165) is 17.9 Å². The Bertz CT molecular complexity index is 222. The fraction of sp³-hybridized carbons (Fsp3) is 0.818. The number of carbonyl (C=O) groups excluding carboxylic acids is 2. The summed E-state index contributed by atoms with van der Waals surface area (Å²) in [6.45, 7) is 3.23. The van der Waals surface area contributed by atoms with Gasteiger partial charge >= 0.3 is 0 Å². The Morgan fingerprint density at radius 2 is 1.69 bits per heavy atom. The Morgan fingerprint density at radius 1 is 1.12 bits per heavy atom. The van der Waals surface area contributed by atoms with Crippen molar-refractivity contribution < 1.29 is 9.59 Å². The molecule has 1 N–H and O–H groups in total. The maximum absolute atomic E-state index is 10.8. The molecule has 16 heavy (non-hydrogen) atoms. The van der Waals surface area contributed by atoms with E-state index in [9.17, 15) is 9.59 Å². The van der Waals surface area contributed by atoms with Crippen LogP contribution in [0, 0.1) is 0 Å². The molecular formula is C11H21NO2S2. The average Bonchev–Trinajstić information content (AvgIpc) is 2.20. The van der Waals surface area contributed by atoms with Crippen LogP contribution in [0.5, 0.6) is 0 Å². The summed E-state index contributed by atoms with van der Waals surface area (Å²) in [7, 11) is 1.94. The monoisotopic (exact) mass is 263 g/mol. The molecular weight excluding hydrogens is 242 g/mol. The van der Waals surface area contributed by atoms with Crippen molar-refractivity contribution in [3.05, 3.63) is 0 Å². The highest BCUT2D eigenvalue weighted by atomic mass is 32.2. The first-order chi connectivity index (χ1) is 7.56. The molecule has 0 saturated heterocycles. The van der Waals surface area contributed by atoms with Crippen LogP contribution in [0.25, 0.3) is 0 Å². The molecule has 0 aromatic carbocycles. The third kappa shape index (κ3) is 10.5. The van der Waals surface area contributed by atoms with Gasteiger partial charge in [-0.05, 0) is 33.1 Å². The summed E-state index contributed by atoms with van der Waals surface area (Å²) in [4.78, 5) is 21.5. The number of hydrogen-bond donors (Lipinski definition) is 1. The van der Waals surface area contributed by atoms with Gasteiger partial charge in [0.1, 0.15) is 11.6 Å². The normalized spacial score (nSPS) is 12.4. The molecule has 0 aliphatic rings. The second-order valence-corrected chi connectivity index (χ2v) is 5.88. The molecule has 1 atom stereocenters. The van der Waals surface area contributed by atoms with Crippen molar-refractivity contribution in [3.8, 4) is 0 Å². The van der Waals surface area contributed by atoms with Crippen molar-refractivity contribution in [1.82, 2.24) is 5.32 Å². The molecule has 94 valence electrons. The van der Waals surface area contributed by atoms with Gasteiger partial charge in [-0.15, -0.1) is 0 Å². The van der Waals surface area contributed by atoms with E-state index in [4.69, 9.17) is 0 Å². The summed E-state index contributed by atoms with van der Waals surface area (Å²) in [6, 6.07) is 0.434. The summed E-state index contributed by atoms with van der Waals surface area (Å²) >= 11 is 3.35. The minimum absolute atomic E-state index is 0.228. The standard InChI is InChI=1S/C11H21NO2S2/c1-9(13)6-15-5-4-11(12-3)8-16-7-10(2)14/h11-12H,4-8H2,1-3H3. The molecule has 0 aromatic heterocycles. The number of carbonyl (C=O) groups is 2. The van der Waals surface area contributed by atoms with Gasteiger partial charge in [-0.25, -0.2) is 0 Å². The first-order valence-electron chi connectivity index (χ1n) is 5.38. The Morgan fingerprint density at radius 3 is 2.19 bits per heavy atom. The highest BCUT2D eigenvalue weighted by Gasteiger charge is 2.07. The van der Waals surface area contributed by atoms with Crippen LogP contribution in [0.2, 0.25) is 0 Å². The van der Waals surface area contributed by atoms with Crippen LogP contribution < -0.4 is 5.32 Å². The minimum Gasteiger partial charge on any atom is -0.316 e. The van der Waals surface area contributed by atoms with E-state index in [-0.39, 0.29) is 11.6 Å². The van der Waals surface area contributed by atoms with E-state index in [1.165, 1.54) is 0 Å². The molecule has 0 rings (SSSR count). The summed E-state index contributed by atoms with van der Waals surface area (Å²) in [5.41, 5.74) is 0. The van der Waals surface area contributed by atoms with Crippen molar-refractivity contribution in [2.24, 2.45) is 0 Å². The quantitative estimate of drug-likeness (QED) is 0.607. The van der Waals surface area contributed by atoms with Crippen molar-refractivity contribution in [3.63, 3.8) is 0 Å². The molecule has 0 aromatic rings. The molecule has 0 fully saturated rings. The smallest absolute Gasteiger partial charge is 0.139 e. The lowest BCUT2D eigenvalue weighted by Crippen LogP contribution is -2.28. The first-order valence-corrected chi connectivity index (χ1v) is 7.68. The van der Waals surface area contributed by atoms with Gasteiger partial charge in [0.15, 0.2) is 0 Å². The number of rotatable bonds is 10. The third-order valence-corrected chi connectivity index (χ3v) is 4.33. The van der Waals surface area contributed by atoms with E-state index in [2.05, 4.69) is 5.32 Å². The number of ketones is 2. The number of hydrogen-bond acceptors (Lipinski definition) is 5. The molecule has 0 bridgehead atoms. The molecule has 3 nitrogen and oxygen atoms in total. The number of Topliss-reactive ketones (excluding diaryl/α,β-unsaturated/α-hetero) is 2. The lowest BCUT2D eigenvalue weighted by molar-refractivity contribution is -0.115. The Balaban J connectivity index is 3.51. The van der Waals surface area contributed by atoms with Gasteiger partial charge in [0, 0.05) is 11.8 Å². The predicted octanol–water partition coefficient (Wildman–Crippen LogP) is 1.61. The van der Waals surface area contributed by atoms with Gasteiger partial charge in [0.2, 0.25) is 0 Å². The first kappa shape index (κ1) is 16.0. The lowest BCUT2D eigenvalue weighted by atomic mass is 10.3. The molecule has 0 radical (unpaired) electrons. The summed E-state index contributed by atoms with van der Waals surface area (Å²) in [5, 5.41) is 3.23. The van der Waals surface area contributed by atoms with Crippen molar-refractivity contribution in [2.75, 3.05) is 30.1 Å². The molecule has 0 heterocycles. The lowest BCUT2D eigenvalue weighted by Gasteiger charge is -2.14. The number of thioether (sulfide) groups is 2. The van der Waals surface area contributed by atoms with Crippen LogP contribution in [0.1, 0.15) is 20.3 Å². The van der Waals surface area contributed by atoms with E-state index in [1.807, 2.05) is 7.05 Å². The SMILES string of the molecule is CNC(CCSCC(C)=O)CSCC(C)=O. The van der Waals surface area contributed by atoms with Crippen LogP contribution in [0.4, 0.5) is 0 Å². The molecule has 0 saturated carbocycles. The van der Waals surface area contributed by atoms with Gasteiger partial charge in [-0.3, -0.25) is 9.59 Å². The summed E-state index contributed by atoms with van der Waals surface area (Å²) in [5.74, 6) is 3.61. The molecule has 0 spiro atoms. The van der Waals surface area contributed by atoms with Gasteiger partial charge in [-0.2, -0.15) is 23.5 Å². The minimum atomic E-state index is 0.228. The Hall–Kier alpha value is -0.0000000000000000555. The maximum atomic E-state index is 10.8. The van der Waals surface area contributed by atoms with Gasteiger partial charge in [0.25, 0.3) is 0 Å². The van der Waals surface area contributed by atoms with Crippen LogP contribution in [0.15, 0.2) is 0 Å². The van der Waals surface area contributed by atoms with E-state index < -0.39 is 0 Å². The van der Waals surface area contributed by atoms with Crippen LogP contribution in [-0.4, -0.2) is 47.7 Å². The Labute approximate surface area is 107 Å². The largest absolute Gasteiger partial charge is 0.316 e. The summed E-state index contributed by atoms with van der Waals surface area (Å²) < 4.78 is 0. The molecule has 5 heteroatoms. The van der Waals surface area contributed by atoms with Crippen molar-refractivity contribution in [1.29, 1.82) is 0 Å².